The summed E-state index contributed by atoms with van der Waals surface area (Å²) in [5.41, 5.74) is 8.03. The molecule has 0 aromatic rings. The first-order chi connectivity index (χ1) is 8.43. The molecule has 7 nitrogen and oxygen atoms in total. The van der Waals surface area contributed by atoms with Crippen molar-refractivity contribution in [1.82, 2.24) is 10.2 Å². The van der Waals surface area contributed by atoms with E-state index in [2.05, 4.69) is 20.2 Å². The van der Waals surface area contributed by atoms with Crippen LogP contribution in [0.25, 0.3) is 10.4 Å². The normalized spacial score (nSPS) is 16.7. The molecule has 0 unspecified atom stereocenters. The van der Waals surface area contributed by atoms with Crippen LogP contribution in [0.15, 0.2) is 5.11 Å². The number of azide groups is 1. The van der Waals surface area contributed by atoms with Gasteiger partial charge in [-0.25, -0.2) is 0 Å². The van der Waals surface area contributed by atoms with Gasteiger partial charge >= 0.3 is 0 Å². The number of hydrogen-bond acceptors (Lipinski definition) is 5. The maximum atomic E-state index is 8.03. The lowest BCUT2D eigenvalue weighted by Gasteiger charge is -2.26. The van der Waals surface area contributed by atoms with Gasteiger partial charge in [-0.3, -0.25) is 4.90 Å². The molecule has 1 N–H and O–H groups in total. The van der Waals surface area contributed by atoms with Crippen LogP contribution in [0.5, 0.6) is 0 Å². The zero-order chi connectivity index (χ0) is 12.2. The molecular weight excluding hydrogens is 222 g/mol. The lowest BCUT2D eigenvalue weighted by molar-refractivity contribution is 0.0398. The van der Waals surface area contributed by atoms with Crippen molar-refractivity contribution in [1.29, 1.82) is 0 Å². The Hall–Kier alpha value is -0.850. The molecule has 0 radical (unpaired) electrons. The van der Waals surface area contributed by atoms with Crippen LogP contribution in [-0.4, -0.2) is 70.6 Å². The average Bonchev–Trinajstić information content (AvgIpc) is 2.38. The van der Waals surface area contributed by atoms with Gasteiger partial charge < -0.3 is 14.8 Å². The highest BCUT2D eigenvalue weighted by Gasteiger charge is 2.07. The van der Waals surface area contributed by atoms with Gasteiger partial charge in [0.2, 0.25) is 0 Å². The van der Waals surface area contributed by atoms with Crippen molar-refractivity contribution in [2.75, 3.05) is 65.7 Å². The first-order valence-corrected chi connectivity index (χ1v) is 6.03. The fraction of sp³-hybridized carbons (Fsp3) is 1.00. The average molecular weight is 243 g/mol. The fourth-order valence-electron chi connectivity index (χ4n) is 1.60. The summed E-state index contributed by atoms with van der Waals surface area (Å²) < 4.78 is 10.7. The Morgan fingerprint density at radius 2 is 1.82 bits per heavy atom. The summed E-state index contributed by atoms with van der Waals surface area (Å²) in [6, 6.07) is 0. The van der Waals surface area contributed by atoms with Gasteiger partial charge in [-0.2, -0.15) is 0 Å². The Kier molecular flexibility index (Phi) is 8.62. The summed E-state index contributed by atoms with van der Waals surface area (Å²) in [5.74, 6) is 0. The molecule has 0 bridgehead atoms. The van der Waals surface area contributed by atoms with Crippen LogP contribution < -0.4 is 5.32 Å². The number of ether oxygens (including phenoxy) is 2. The molecule has 17 heavy (non-hydrogen) atoms. The van der Waals surface area contributed by atoms with Crippen molar-refractivity contribution in [2.45, 2.75) is 0 Å². The van der Waals surface area contributed by atoms with E-state index in [1.807, 2.05) is 0 Å². The molecule has 98 valence electrons. The van der Waals surface area contributed by atoms with Crippen LogP contribution in [0.4, 0.5) is 0 Å². The van der Waals surface area contributed by atoms with Gasteiger partial charge in [0.25, 0.3) is 0 Å². The number of piperazine rings is 1. The smallest absolute Gasteiger partial charge is 0.0701 e. The van der Waals surface area contributed by atoms with Crippen LogP contribution in [0.2, 0.25) is 0 Å². The molecule has 0 aromatic carbocycles. The van der Waals surface area contributed by atoms with Gasteiger partial charge in [0, 0.05) is 44.2 Å². The van der Waals surface area contributed by atoms with E-state index in [4.69, 9.17) is 15.0 Å². The molecule has 1 rings (SSSR count). The minimum atomic E-state index is 0.386. The molecule has 1 saturated heterocycles. The predicted molar refractivity (Wildman–Crippen MR) is 65.0 cm³/mol. The molecular formula is C10H21N5O2. The lowest BCUT2D eigenvalue weighted by Crippen LogP contribution is -2.44. The molecule has 7 heteroatoms. The van der Waals surface area contributed by atoms with Gasteiger partial charge in [-0.1, -0.05) is 5.11 Å². The van der Waals surface area contributed by atoms with E-state index in [9.17, 15) is 0 Å². The summed E-state index contributed by atoms with van der Waals surface area (Å²) in [7, 11) is 0. The van der Waals surface area contributed by atoms with E-state index in [1.165, 1.54) is 0 Å². The molecule has 0 amide bonds. The standard InChI is InChI=1S/C10H21N5O2/c11-14-13-3-7-16-9-10-17-8-6-15-4-1-12-2-5-15/h12H,1-10H2. The summed E-state index contributed by atoms with van der Waals surface area (Å²) in [4.78, 5) is 5.03. The summed E-state index contributed by atoms with van der Waals surface area (Å²) >= 11 is 0. The van der Waals surface area contributed by atoms with Crippen molar-refractivity contribution in [3.05, 3.63) is 10.4 Å². The van der Waals surface area contributed by atoms with Crippen molar-refractivity contribution in [2.24, 2.45) is 5.11 Å². The third-order valence-corrected chi connectivity index (χ3v) is 2.53. The largest absolute Gasteiger partial charge is 0.379 e. The number of nitrogens with one attached hydrogen (secondary N) is 1. The van der Waals surface area contributed by atoms with E-state index >= 15 is 0 Å². The van der Waals surface area contributed by atoms with Crippen molar-refractivity contribution in [3.63, 3.8) is 0 Å². The van der Waals surface area contributed by atoms with E-state index in [1.54, 1.807) is 0 Å². The molecule has 0 saturated carbocycles. The maximum absolute atomic E-state index is 8.03. The topological polar surface area (TPSA) is 82.5 Å². The van der Waals surface area contributed by atoms with E-state index in [0.717, 1.165) is 39.3 Å². The van der Waals surface area contributed by atoms with Crippen LogP contribution >= 0.6 is 0 Å². The fourth-order valence-corrected chi connectivity index (χ4v) is 1.60. The van der Waals surface area contributed by atoms with Gasteiger partial charge in [-0.05, 0) is 5.53 Å². The van der Waals surface area contributed by atoms with Crippen LogP contribution in [-0.2, 0) is 9.47 Å². The summed E-state index contributed by atoms with van der Waals surface area (Å²) in [6.45, 7) is 8.09. The van der Waals surface area contributed by atoms with Crippen LogP contribution in [0, 0.1) is 0 Å². The highest BCUT2D eigenvalue weighted by Crippen LogP contribution is 1.91. The monoisotopic (exact) mass is 243 g/mol. The Labute approximate surface area is 102 Å². The third kappa shape index (κ3) is 7.95. The van der Waals surface area contributed by atoms with Crippen LogP contribution in [0.1, 0.15) is 0 Å². The van der Waals surface area contributed by atoms with Crippen molar-refractivity contribution >= 4 is 0 Å². The second-order valence-corrected chi connectivity index (χ2v) is 3.77. The van der Waals surface area contributed by atoms with Gasteiger partial charge in [0.05, 0.1) is 26.4 Å². The Morgan fingerprint density at radius 3 is 2.53 bits per heavy atom. The number of rotatable bonds is 9. The zero-order valence-electron chi connectivity index (χ0n) is 10.2. The number of hydrogen-bond donors (Lipinski definition) is 1. The molecule has 0 atom stereocenters. The van der Waals surface area contributed by atoms with Crippen molar-refractivity contribution < 1.29 is 9.47 Å². The lowest BCUT2D eigenvalue weighted by atomic mass is 10.4. The van der Waals surface area contributed by atoms with E-state index in [0.29, 0.717) is 26.4 Å². The van der Waals surface area contributed by atoms with Gasteiger partial charge in [0.15, 0.2) is 0 Å². The minimum absolute atomic E-state index is 0.386. The molecule has 1 aliphatic heterocycles. The highest BCUT2D eigenvalue weighted by molar-refractivity contribution is 4.66. The molecule has 1 fully saturated rings. The SMILES string of the molecule is [N-]=[N+]=NCCOCCOCCN1CCNCC1. The second kappa shape index (κ2) is 10.3. The summed E-state index contributed by atoms with van der Waals surface area (Å²) in [6.07, 6.45) is 0. The molecule has 0 aromatic heterocycles. The Morgan fingerprint density at radius 1 is 1.12 bits per heavy atom. The van der Waals surface area contributed by atoms with Crippen molar-refractivity contribution in [3.8, 4) is 0 Å². The number of nitrogens with zero attached hydrogens (tertiary/aromatic N) is 4. The molecule has 0 aliphatic carbocycles. The van der Waals surface area contributed by atoms with E-state index in [-0.39, 0.29) is 0 Å². The first kappa shape index (κ1) is 14.2. The van der Waals surface area contributed by atoms with Crippen LogP contribution in [0.3, 0.4) is 0 Å². The third-order valence-electron chi connectivity index (χ3n) is 2.53. The summed E-state index contributed by atoms with van der Waals surface area (Å²) in [5, 5.41) is 6.68. The van der Waals surface area contributed by atoms with Gasteiger partial charge in [-0.15, -0.1) is 0 Å². The predicted octanol–water partition coefficient (Wildman–Crippen LogP) is 0.235. The zero-order valence-corrected chi connectivity index (χ0v) is 10.2. The highest BCUT2D eigenvalue weighted by atomic mass is 16.5. The molecule has 0 spiro atoms. The molecule has 1 heterocycles. The Balaban J connectivity index is 1.79. The quantitative estimate of drug-likeness (QED) is 0.272. The Bertz CT molecular complexity index is 227. The maximum Gasteiger partial charge on any atom is 0.0701 e. The molecule has 1 aliphatic rings. The first-order valence-electron chi connectivity index (χ1n) is 6.03. The van der Waals surface area contributed by atoms with E-state index < -0.39 is 0 Å². The van der Waals surface area contributed by atoms with Gasteiger partial charge in [0.1, 0.15) is 0 Å². The minimum Gasteiger partial charge on any atom is -0.379 e. The second-order valence-electron chi connectivity index (χ2n) is 3.77.